The molecule has 2 unspecified atom stereocenters. The highest BCUT2D eigenvalue weighted by atomic mass is 16.5. The molecule has 0 N–H and O–H groups in total. The van der Waals surface area contributed by atoms with E-state index in [4.69, 9.17) is 4.74 Å². The summed E-state index contributed by atoms with van der Waals surface area (Å²) in [6, 6.07) is 8.98. The Balaban J connectivity index is 2.58. The molecular formula is C16H23NO3. The second-order valence-corrected chi connectivity index (χ2v) is 5.21. The molecule has 0 aliphatic rings. The molecular weight excluding hydrogens is 254 g/mol. The van der Waals surface area contributed by atoms with E-state index in [2.05, 4.69) is 0 Å². The van der Waals surface area contributed by atoms with Crippen molar-refractivity contribution in [3.8, 4) is 5.75 Å². The van der Waals surface area contributed by atoms with Crippen molar-refractivity contribution in [1.82, 2.24) is 4.90 Å². The Hall–Kier alpha value is -1.84. The van der Waals surface area contributed by atoms with Crippen LogP contribution in [0.4, 0.5) is 0 Å². The molecule has 4 nitrogen and oxygen atoms in total. The van der Waals surface area contributed by atoms with Crippen LogP contribution >= 0.6 is 0 Å². The fraction of sp³-hybridized carbons (Fsp3) is 0.500. The van der Waals surface area contributed by atoms with E-state index in [0.29, 0.717) is 12.2 Å². The quantitative estimate of drug-likeness (QED) is 0.593. The normalized spacial score (nSPS) is 13.4. The summed E-state index contributed by atoms with van der Waals surface area (Å²) in [4.78, 5) is 25.5. The summed E-state index contributed by atoms with van der Waals surface area (Å²) < 4.78 is 5.30. The average molecular weight is 277 g/mol. The zero-order chi connectivity index (χ0) is 15.1. The molecule has 0 saturated heterocycles. The number of esters is 1. The zero-order valence-electron chi connectivity index (χ0n) is 12.6. The number of carbonyl (C=O) groups is 2. The van der Waals surface area contributed by atoms with Gasteiger partial charge in [-0.05, 0) is 25.0 Å². The summed E-state index contributed by atoms with van der Waals surface area (Å²) in [5, 5.41) is 0. The van der Waals surface area contributed by atoms with E-state index in [1.54, 1.807) is 38.1 Å². The van der Waals surface area contributed by atoms with Gasteiger partial charge in [0.2, 0.25) is 5.91 Å². The fourth-order valence-electron chi connectivity index (χ4n) is 2.04. The lowest BCUT2D eigenvalue weighted by Gasteiger charge is -2.21. The van der Waals surface area contributed by atoms with Gasteiger partial charge >= 0.3 is 5.97 Å². The predicted octanol–water partition coefficient (Wildman–Crippen LogP) is 2.73. The topological polar surface area (TPSA) is 46.6 Å². The Morgan fingerprint density at radius 2 is 1.80 bits per heavy atom. The first-order chi connectivity index (χ1) is 9.45. The SMILES string of the molecule is CCC(CC(C)C(=O)Oc1ccccc1)C(=O)N(C)C. The van der Waals surface area contributed by atoms with Crippen LogP contribution in [0.25, 0.3) is 0 Å². The largest absolute Gasteiger partial charge is 0.426 e. The van der Waals surface area contributed by atoms with Gasteiger partial charge < -0.3 is 9.64 Å². The molecule has 1 rings (SSSR count). The third-order valence-electron chi connectivity index (χ3n) is 3.28. The van der Waals surface area contributed by atoms with Crippen molar-refractivity contribution in [3.05, 3.63) is 30.3 Å². The Morgan fingerprint density at radius 3 is 2.30 bits per heavy atom. The Morgan fingerprint density at radius 1 is 1.20 bits per heavy atom. The van der Waals surface area contributed by atoms with E-state index in [9.17, 15) is 9.59 Å². The number of rotatable bonds is 6. The molecule has 110 valence electrons. The first-order valence-corrected chi connectivity index (χ1v) is 6.93. The Bertz CT molecular complexity index is 442. The van der Waals surface area contributed by atoms with Crippen molar-refractivity contribution in [2.75, 3.05) is 14.1 Å². The molecule has 0 radical (unpaired) electrons. The average Bonchev–Trinajstić information content (AvgIpc) is 2.44. The molecule has 0 saturated carbocycles. The van der Waals surface area contributed by atoms with Crippen molar-refractivity contribution in [3.63, 3.8) is 0 Å². The molecule has 0 aliphatic heterocycles. The highest BCUT2D eigenvalue weighted by molar-refractivity contribution is 5.80. The molecule has 0 aliphatic carbocycles. The summed E-state index contributed by atoms with van der Waals surface area (Å²) in [5.41, 5.74) is 0. The predicted molar refractivity (Wildman–Crippen MR) is 78.3 cm³/mol. The van der Waals surface area contributed by atoms with Crippen LogP contribution in [-0.4, -0.2) is 30.9 Å². The van der Waals surface area contributed by atoms with Gasteiger partial charge in [0.1, 0.15) is 5.75 Å². The van der Waals surface area contributed by atoms with Gasteiger partial charge in [0, 0.05) is 20.0 Å². The highest BCUT2D eigenvalue weighted by Gasteiger charge is 2.25. The van der Waals surface area contributed by atoms with Gasteiger partial charge in [0.15, 0.2) is 0 Å². The number of ether oxygens (including phenoxy) is 1. The lowest BCUT2D eigenvalue weighted by Crippen LogP contribution is -2.32. The standard InChI is InChI=1S/C16H23NO3/c1-5-13(15(18)17(3)4)11-12(2)16(19)20-14-9-7-6-8-10-14/h6-10,12-13H,5,11H2,1-4H3. The number of benzene rings is 1. The third-order valence-corrected chi connectivity index (χ3v) is 3.28. The third kappa shape index (κ3) is 4.68. The molecule has 4 heteroatoms. The van der Waals surface area contributed by atoms with E-state index in [0.717, 1.165) is 6.42 Å². The van der Waals surface area contributed by atoms with Gasteiger partial charge in [0.05, 0.1) is 5.92 Å². The van der Waals surface area contributed by atoms with Crippen LogP contribution in [0.1, 0.15) is 26.7 Å². The molecule has 0 aromatic heterocycles. The van der Waals surface area contributed by atoms with Gasteiger partial charge in [0.25, 0.3) is 0 Å². The molecule has 0 bridgehead atoms. The van der Waals surface area contributed by atoms with Crippen molar-refractivity contribution >= 4 is 11.9 Å². The van der Waals surface area contributed by atoms with Crippen LogP contribution in [0.2, 0.25) is 0 Å². The monoisotopic (exact) mass is 277 g/mol. The van der Waals surface area contributed by atoms with Gasteiger partial charge in [-0.25, -0.2) is 0 Å². The van der Waals surface area contributed by atoms with Crippen molar-refractivity contribution in [2.45, 2.75) is 26.7 Å². The second-order valence-electron chi connectivity index (χ2n) is 5.21. The first-order valence-electron chi connectivity index (χ1n) is 6.93. The van der Waals surface area contributed by atoms with Gasteiger partial charge in [-0.2, -0.15) is 0 Å². The Labute approximate surface area is 120 Å². The Kier molecular flexibility index (Phi) is 6.22. The summed E-state index contributed by atoms with van der Waals surface area (Å²) in [6.07, 6.45) is 1.24. The number of hydrogen-bond acceptors (Lipinski definition) is 3. The summed E-state index contributed by atoms with van der Waals surface area (Å²) in [5.74, 6) is -0.128. The first kappa shape index (κ1) is 16.2. The number of hydrogen-bond donors (Lipinski definition) is 0. The number of carbonyl (C=O) groups excluding carboxylic acids is 2. The molecule has 20 heavy (non-hydrogen) atoms. The van der Waals surface area contributed by atoms with E-state index in [1.807, 2.05) is 25.1 Å². The minimum atomic E-state index is -0.302. The van der Waals surface area contributed by atoms with Gasteiger partial charge in [-0.1, -0.05) is 32.0 Å². The molecule has 2 atom stereocenters. The van der Waals surface area contributed by atoms with Crippen molar-refractivity contribution in [1.29, 1.82) is 0 Å². The van der Waals surface area contributed by atoms with E-state index >= 15 is 0 Å². The molecule has 0 spiro atoms. The zero-order valence-corrected chi connectivity index (χ0v) is 12.6. The minimum Gasteiger partial charge on any atom is -0.426 e. The second kappa shape index (κ2) is 7.68. The van der Waals surface area contributed by atoms with Crippen LogP contribution in [0.3, 0.4) is 0 Å². The van der Waals surface area contributed by atoms with Gasteiger partial charge in [-0.15, -0.1) is 0 Å². The van der Waals surface area contributed by atoms with E-state index < -0.39 is 0 Å². The van der Waals surface area contributed by atoms with Crippen molar-refractivity contribution < 1.29 is 14.3 Å². The minimum absolute atomic E-state index is 0.0619. The maximum Gasteiger partial charge on any atom is 0.314 e. The molecule has 1 aromatic rings. The molecule has 1 amide bonds. The van der Waals surface area contributed by atoms with Crippen LogP contribution < -0.4 is 4.74 Å². The summed E-state index contributed by atoms with van der Waals surface area (Å²) >= 11 is 0. The maximum absolute atomic E-state index is 12.0. The number of para-hydroxylation sites is 1. The van der Waals surface area contributed by atoms with Crippen molar-refractivity contribution in [2.24, 2.45) is 11.8 Å². The fourth-order valence-corrected chi connectivity index (χ4v) is 2.04. The number of nitrogens with zero attached hydrogens (tertiary/aromatic N) is 1. The van der Waals surface area contributed by atoms with E-state index in [-0.39, 0.29) is 23.7 Å². The van der Waals surface area contributed by atoms with Crippen LogP contribution in [0.15, 0.2) is 30.3 Å². The van der Waals surface area contributed by atoms with E-state index in [1.165, 1.54) is 0 Å². The summed E-state index contributed by atoms with van der Waals surface area (Å²) in [7, 11) is 3.47. The van der Waals surface area contributed by atoms with Crippen LogP contribution in [0.5, 0.6) is 5.75 Å². The smallest absolute Gasteiger partial charge is 0.314 e. The molecule has 0 fully saturated rings. The van der Waals surface area contributed by atoms with Crippen LogP contribution in [0, 0.1) is 11.8 Å². The highest BCUT2D eigenvalue weighted by Crippen LogP contribution is 2.20. The van der Waals surface area contributed by atoms with Crippen LogP contribution in [-0.2, 0) is 9.59 Å². The molecule has 1 aromatic carbocycles. The maximum atomic E-state index is 12.0. The lowest BCUT2D eigenvalue weighted by molar-refractivity contribution is -0.140. The lowest BCUT2D eigenvalue weighted by atomic mass is 9.92. The van der Waals surface area contributed by atoms with Gasteiger partial charge in [-0.3, -0.25) is 9.59 Å². The number of amides is 1. The molecule has 0 heterocycles. The summed E-state index contributed by atoms with van der Waals surface area (Å²) in [6.45, 7) is 3.76.